The van der Waals surface area contributed by atoms with Gasteiger partial charge in [-0.3, -0.25) is 15.1 Å². The summed E-state index contributed by atoms with van der Waals surface area (Å²) in [5.74, 6) is -0.228. The lowest BCUT2D eigenvalue weighted by atomic mass is 10.0. The molecule has 7 heteroatoms. The minimum absolute atomic E-state index is 0. The summed E-state index contributed by atoms with van der Waals surface area (Å²) in [4.78, 5) is 25.6. The molecule has 0 saturated carbocycles. The third-order valence-corrected chi connectivity index (χ3v) is 4.80. The molecule has 4 aromatic heterocycles. The van der Waals surface area contributed by atoms with Crippen LogP contribution in [0.3, 0.4) is 0 Å². The van der Waals surface area contributed by atoms with Gasteiger partial charge in [0.2, 0.25) is 0 Å². The number of aromatic nitrogens is 4. The zero-order valence-electron chi connectivity index (χ0n) is 13.7. The summed E-state index contributed by atoms with van der Waals surface area (Å²) in [5.41, 5.74) is 4.98. The van der Waals surface area contributed by atoms with Crippen molar-refractivity contribution in [3.63, 3.8) is 0 Å². The topological polar surface area (TPSA) is 72.2 Å². The minimum Gasteiger partial charge on any atom is -0.306 e. The van der Waals surface area contributed by atoms with Gasteiger partial charge in [-0.25, -0.2) is 9.97 Å². The first-order valence-corrected chi connectivity index (χ1v) is 8.61. The van der Waals surface area contributed by atoms with Gasteiger partial charge in [0.25, 0.3) is 5.91 Å². The molecule has 0 unspecified atom stereocenters. The number of hydrogen-bond donors (Lipinski definition) is 1. The molecular weight excluding hydrogens is 334 g/mol. The van der Waals surface area contributed by atoms with Crippen LogP contribution in [-0.4, -0.2) is 25.3 Å². The summed E-state index contributed by atoms with van der Waals surface area (Å²) in [6, 6.07) is 3.80. The number of aryl methyl sites for hydroxylation is 2. The van der Waals surface area contributed by atoms with Gasteiger partial charge in [0.05, 0.1) is 11.3 Å². The molecule has 4 heterocycles. The van der Waals surface area contributed by atoms with Crippen molar-refractivity contribution in [1.29, 1.82) is 0 Å². The number of nitrogens with one attached hydrogen (secondary N) is 1. The largest absolute Gasteiger partial charge is 0.306 e. The van der Waals surface area contributed by atoms with E-state index in [-0.39, 0.29) is 7.33 Å². The standard InChI is InChI=1S/C18H15N5OS.H2/c1-11-3-4-19-8-15(11)13-7-14(16-20-5-6-23(16)9-13)17(24)22-18-21-12(2)10-25-18;/h3-10H,1-2H3,(H,21,22,24);1H. The molecule has 4 aromatic rings. The number of rotatable bonds is 3. The predicted octanol–water partition coefficient (Wildman–Crippen LogP) is 3.97. The molecule has 0 radical (unpaired) electrons. The zero-order valence-corrected chi connectivity index (χ0v) is 14.5. The fraction of sp³-hybridized carbons (Fsp3) is 0.111. The van der Waals surface area contributed by atoms with Crippen LogP contribution in [-0.2, 0) is 0 Å². The third-order valence-electron chi connectivity index (χ3n) is 3.92. The summed E-state index contributed by atoms with van der Waals surface area (Å²) in [5, 5.41) is 5.33. The maximum Gasteiger partial charge on any atom is 0.261 e. The molecule has 1 amide bonds. The van der Waals surface area contributed by atoms with E-state index in [0.717, 1.165) is 22.4 Å². The molecule has 0 saturated heterocycles. The molecule has 0 bridgehead atoms. The first-order valence-electron chi connectivity index (χ1n) is 7.73. The van der Waals surface area contributed by atoms with Crippen molar-refractivity contribution in [1.82, 2.24) is 19.4 Å². The van der Waals surface area contributed by atoms with Crippen molar-refractivity contribution in [3.05, 3.63) is 65.3 Å². The highest BCUT2D eigenvalue weighted by Crippen LogP contribution is 2.26. The van der Waals surface area contributed by atoms with Crippen molar-refractivity contribution < 1.29 is 6.22 Å². The normalized spacial score (nSPS) is 11.0. The average Bonchev–Trinajstić information content (AvgIpc) is 3.23. The van der Waals surface area contributed by atoms with Crippen molar-refractivity contribution in [2.24, 2.45) is 0 Å². The van der Waals surface area contributed by atoms with E-state index in [4.69, 9.17) is 0 Å². The lowest BCUT2D eigenvalue weighted by Gasteiger charge is -2.10. The number of carbonyl (C=O) groups excluding carboxylic acids is 1. The number of pyridine rings is 2. The maximum absolute atomic E-state index is 12.8. The highest BCUT2D eigenvalue weighted by atomic mass is 32.1. The number of amides is 1. The summed E-state index contributed by atoms with van der Waals surface area (Å²) in [7, 11) is 0. The van der Waals surface area contributed by atoms with Crippen LogP contribution in [0, 0.1) is 13.8 Å². The smallest absolute Gasteiger partial charge is 0.261 e. The van der Waals surface area contributed by atoms with Crippen LogP contribution >= 0.6 is 11.3 Å². The Morgan fingerprint density at radius 3 is 2.96 bits per heavy atom. The molecular formula is C18H17N5OS. The van der Waals surface area contributed by atoms with Crippen LogP contribution in [0.15, 0.2) is 48.5 Å². The highest BCUT2D eigenvalue weighted by Gasteiger charge is 2.16. The molecule has 0 spiro atoms. The quantitative estimate of drug-likeness (QED) is 0.606. The van der Waals surface area contributed by atoms with Crippen LogP contribution in [0.5, 0.6) is 0 Å². The van der Waals surface area contributed by atoms with E-state index in [2.05, 4.69) is 20.3 Å². The Morgan fingerprint density at radius 1 is 1.32 bits per heavy atom. The third kappa shape index (κ3) is 2.89. The van der Waals surface area contributed by atoms with Gasteiger partial charge in [-0.05, 0) is 31.5 Å². The van der Waals surface area contributed by atoms with Gasteiger partial charge in [0.15, 0.2) is 5.13 Å². The van der Waals surface area contributed by atoms with Crippen LogP contribution in [0.25, 0.3) is 16.8 Å². The van der Waals surface area contributed by atoms with Gasteiger partial charge in [-0.15, -0.1) is 11.3 Å². The Hall–Kier alpha value is -3.06. The number of anilines is 1. The second kappa shape index (κ2) is 6.10. The van der Waals surface area contributed by atoms with Gasteiger partial charge in [0.1, 0.15) is 5.65 Å². The Balaban J connectivity index is 0.00000196. The van der Waals surface area contributed by atoms with E-state index in [1.807, 2.05) is 48.2 Å². The highest BCUT2D eigenvalue weighted by molar-refractivity contribution is 7.13. The molecule has 0 atom stereocenters. The van der Waals surface area contributed by atoms with E-state index in [1.54, 1.807) is 18.6 Å². The number of hydrogen-bond acceptors (Lipinski definition) is 5. The van der Waals surface area contributed by atoms with Crippen LogP contribution in [0.4, 0.5) is 5.13 Å². The van der Waals surface area contributed by atoms with Crippen molar-refractivity contribution in [2.75, 3.05) is 5.32 Å². The summed E-state index contributed by atoms with van der Waals surface area (Å²) >= 11 is 1.40. The van der Waals surface area contributed by atoms with Gasteiger partial charge in [-0.2, -0.15) is 0 Å². The van der Waals surface area contributed by atoms with E-state index in [0.29, 0.717) is 16.3 Å². The molecule has 25 heavy (non-hydrogen) atoms. The summed E-state index contributed by atoms with van der Waals surface area (Å²) in [6.45, 7) is 3.91. The van der Waals surface area contributed by atoms with Crippen LogP contribution in [0.2, 0.25) is 0 Å². The molecule has 6 nitrogen and oxygen atoms in total. The fourth-order valence-corrected chi connectivity index (χ4v) is 3.37. The summed E-state index contributed by atoms with van der Waals surface area (Å²) in [6.07, 6.45) is 9.03. The molecule has 0 aliphatic rings. The molecule has 0 aliphatic carbocycles. The van der Waals surface area contributed by atoms with Gasteiger partial charge in [0, 0.05) is 48.9 Å². The maximum atomic E-state index is 12.8. The van der Waals surface area contributed by atoms with Crippen molar-refractivity contribution in [3.8, 4) is 11.1 Å². The van der Waals surface area contributed by atoms with E-state index in [9.17, 15) is 4.79 Å². The Labute approximate surface area is 149 Å². The molecule has 0 aliphatic heterocycles. The molecule has 126 valence electrons. The lowest BCUT2D eigenvalue weighted by molar-refractivity contribution is 0.102. The van der Waals surface area contributed by atoms with E-state index >= 15 is 0 Å². The van der Waals surface area contributed by atoms with Gasteiger partial charge in [-0.1, -0.05) is 0 Å². The van der Waals surface area contributed by atoms with Gasteiger partial charge < -0.3 is 4.40 Å². The molecule has 4 rings (SSSR count). The molecule has 1 N–H and O–H groups in total. The molecule has 0 fully saturated rings. The Kier molecular flexibility index (Phi) is 3.77. The Bertz CT molecular complexity index is 1090. The van der Waals surface area contributed by atoms with Crippen molar-refractivity contribution in [2.45, 2.75) is 13.8 Å². The average molecular weight is 351 g/mol. The fourth-order valence-electron chi connectivity index (χ4n) is 2.69. The summed E-state index contributed by atoms with van der Waals surface area (Å²) < 4.78 is 1.85. The van der Waals surface area contributed by atoms with Crippen LogP contribution in [0.1, 0.15) is 23.0 Å². The lowest BCUT2D eigenvalue weighted by Crippen LogP contribution is -2.13. The Morgan fingerprint density at radius 2 is 2.20 bits per heavy atom. The van der Waals surface area contributed by atoms with E-state index < -0.39 is 0 Å². The zero-order chi connectivity index (χ0) is 17.4. The number of thiazole rings is 1. The van der Waals surface area contributed by atoms with Crippen LogP contribution < -0.4 is 5.32 Å². The number of fused-ring (bicyclic) bond motifs is 1. The minimum atomic E-state index is -0.228. The molecule has 0 aromatic carbocycles. The first kappa shape index (κ1) is 15.5. The van der Waals surface area contributed by atoms with E-state index in [1.165, 1.54) is 11.3 Å². The monoisotopic (exact) mass is 351 g/mol. The second-order valence-corrected chi connectivity index (χ2v) is 6.60. The number of nitrogens with zero attached hydrogens (tertiary/aromatic N) is 4. The van der Waals surface area contributed by atoms with Crippen molar-refractivity contribution >= 4 is 28.0 Å². The second-order valence-electron chi connectivity index (χ2n) is 5.74. The SMILES string of the molecule is Cc1csc(NC(=O)c2cc(-c3cnccc3C)cn3ccnc23)n1.[HH]. The number of imidazole rings is 1. The first-order chi connectivity index (χ1) is 12.1. The predicted molar refractivity (Wildman–Crippen MR) is 100 cm³/mol. The number of carbonyl (C=O) groups is 1. The van der Waals surface area contributed by atoms with Gasteiger partial charge >= 0.3 is 0 Å².